The summed E-state index contributed by atoms with van der Waals surface area (Å²) in [6.45, 7) is 4.92. The van der Waals surface area contributed by atoms with E-state index in [1.807, 2.05) is 30.0 Å². The summed E-state index contributed by atoms with van der Waals surface area (Å²) in [4.78, 5) is 22.5. The smallest absolute Gasteiger partial charge is 0.270 e. The van der Waals surface area contributed by atoms with Crippen molar-refractivity contribution in [2.24, 2.45) is 0 Å². The lowest BCUT2D eigenvalue weighted by molar-refractivity contribution is 0.0706. The van der Waals surface area contributed by atoms with E-state index in [9.17, 15) is 4.79 Å². The van der Waals surface area contributed by atoms with Crippen LogP contribution in [0.1, 0.15) is 48.5 Å². The number of aryl methyl sites for hydroxylation is 1. The minimum absolute atomic E-state index is 0.00414. The number of carbonyl (C=O) groups excluding carboxylic acids is 1. The van der Waals surface area contributed by atoms with Gasteiger partial charge >= 0.3 is 0 Å². The van der Waals surface area contributed by atoms with Gasteiger partial charge in [-0.15, -0.1) is 10.2 Å². The summed E-state index contributed by atoms with van der Waals surface area (Å²) in [5.41, 5.74) is 3.36. The summed E-state index contributed by atoms with van der Waals surface area (Å²) in [7, 11) is 0. The number of allylic oxidation sites excluding steroid dienone is 1. The highest BCUT2D eigenvalue weighted by molar-refractivity contribution is 5.97. The van der Waals surface area contributed by atoms with Gasteiger partial charge in [-0.2, -0.15) is 0 Å². The third-order valence-corrected chi connectivity index (χ3v) is 5.00. The van der Waals surface area contributed by atoms with Gasteiger partial charge in [-0.3, -0.25) is 9.78 Å². The Morgan fingerprint density at radius 3 is 3.07 bits per heavy atom. The van der Waals surface area contributed by atoms with Gasteiger partial charge in [0.2, 0.25) is 11.8 Å². The summed E-state index contributed by atoms with van der Waals surface area (Å²) >= 11 is 0. The van der Waals surface area contributed by atoms with Crippen LogP contribution >= 0.6 is 0 Å². The molecule has 1 aliphatic rings. The van der Waals surface area contributed by atoms with Crippen LogP contribution in [-0.2, 0) is 6.54 Å². The predicted octanol–water partition coefficient (Wildman–Crippen LogP) is 2.94. The van der Waals surface area contributed by atoms with Crippen LogP contribution in [0.4, 0.5) is 0 Å². The first-order valence-corrected chi connectivity index (χ1v) is 9.62. The van der Waals surface area contributed by atoms with Crippen molar-refractivity contribution in [3.8, 4) is 0 Å². The Hall–Kier alpha value is -3.16. The predicted molar refractivity (Wildman–Crippen MR) is 104 cm³/mol. The van der Waals surface area contributed by atoms with Crippen LogP contribution in [0, 0.1) is 6.92 Å². The fourth-order valence-corrected chi connectivity index (χ4v) is 3.65. The molecule has 0 fully saturated rings. The molecule has 8 heteroatoms. The highest BCUT2D eigenvalue weighted by Gasteiger charge is 2.26. The molecule has 2 N–H and O–H groups in total. The molecule has 0 spiro atoms. The molecule has 1 atom stereocenters. The van der Waals surface area contributed by atoms with E-state index in [0.29, 0.717) is 30.6 Å². The first-order chi connectivity index (χ1) is 13.6. The van der Waals surface area contributed by atoms with Gasteiger partial charge in [0.25, 0.3) is 5.91 Å². The topological polar surface area (TPSA) is 99.9 Å². The van der Waals surface area contributed by atoms with Gasteiger partial charge in [-0.05, 0) is 50.5 Å². The van der Waals surface area contributed by atoms with Crippen LogP contribution in [0.3, 0.4) is 0 Å². The van der Waals surface area contributed by atoms with Crippen molar-refractivity contribution < 1.29 is 9.21 Å². The van der Waals surface area contributed by atoms with Gasteiger partial charge in [-0.25, -0.2) is 0 Å². The summed E-state index contributed by atoms with van der Waals surface area (Å²) in [6.07, 6.45) is 6.79. The summed E-state index contributed by atoms with van der Waals surface area (Å²) in [5, 5.41) is 11.2. The van der Waals surface area contributed by atoms with Gasteiger partial charge < -0.3 is 19.6 Å². The van der Waals surface area contributed by atoms with E-state index in [4.69, 9.17) is 4.42 Å². The first-order valence-electron chi connectivity index (χ1n) is 9.62. The Morgan fingerprint density at radius 2 is 2.32 bits per heavy atom. The standard InChI is InChI=1S/C20H24N6O2/c1-3-26(20(27)18-11-17-16(23-18)8-5-9-21-17)15-7-4-6-14(10-15)22-12-19-25-24-13(2)28-19/h5,8-11,15,22-23H,3-4,6-7,12H2,1-2H3/t15-/m0/s1. The van der Waals surface area contributed by atoms with Crippen molar-refractivity contribution in [1.29, 1.82) is 0 Å². The molecule has 0 bridgehead atoms. The number of hydrogen-bond donors (Lipinski definition) is 2. The maximum absolute atomic E-state index is 13.1. The molecule has 4 rings (SSSR count). The second-order valence-electron chi connectivity index (χ2n) is 6.93. The van der Waals surface area contributed by atoms with E-state index in [-0.39, 0.29) is 11.9 Å². The molecule has 3 aromatic heterocycles. The van der Waals surface area contributed by atoms with E-state index in [0.717, 1.165) is 36.0 Å². The molecule has 146 valence electrons. The number of likely N-dealkylation sites (N-methyl/N-ethyl adjacent to an activating group) is 1. The third-order valence-electron chi connectivity index (χ3n) is 5.00. The average molecular weight is 380 g/mol. The Balaban J connectivity index is 1.48. The Bertz CT molecular complexity index is 972. The van der Waals surface area contributed by atoms with Gasteiger partial charge in [-0.1, -0.05) is 0 Å². The highest BCUT2D eigenvalue weighted by atomic mass is 16.4. The van der Waals surface area contributed by atoms with Crippen molar-refractivity contribution in [1.82, 2.24) is 30.4 Å². The number of hydrogen-bond acceptors (Lipinski definition) is 6. The number of nitrogens with zero attached hydrogens (tertiary/aromatic N) is 4. The minimum atomic E-state index is -0.00414. The lowest BCUT2D eigenvalue weighted by Crippen LogP contribution is -2.41. The molecule has 28 heavy (non-hydrogen) atoms. The fraction of sp³-hybridized carbons (Fsp3) is 0.400. The lowest BCUT2D eigenvalue weighted by Gasteiger charge is -2.32. The summed E-state index contributed by atoms with van der Waals surface area (Å²) < 4.78 is 5.41. The van der Waals surface area contributed by atoms with Crippen LogP contribution in [0.25, 0.3) is 11.0 Å². The first kappa shape index (κ1) is 18.2. The van der Waals surface area contributed by atoms with Crippen molar-refractivity contribution in [2.75, 3.05) is 6.54 Å². The number of amides is 1. The molecule has 0 saturated heterocycles. The fourth-order valence-electron chi connectivity index (χ4n) is 3.65. The molecular weight excluding hydrogens is 356 g/mol. The van der Waals surface area contributed by atoms with E-state index < -0.39 is 0 Å². The second-order valence-corrected chi connectivity index (χ2v) is 6.93. The average Bonchev–Trinajstić information content (AvgIpc) is 3.33. The van der Waals surface area contributed by atoms with Crippen molar-refractivity contribution in [3.05, 3.63) is 53.6 Å². The largest absolute Gasteiger partial charge is 0.424 e. The molecule has 1 amide bonds. The van der Waals surface area contributed by atoms with Crippen LogP contribution in [0.2, 0.25) is 0 Å². The molecule has 0 aromatic carbocycles. The molecule has 0 aliphatic heterocycles. The van der Waals surface area contributed by atoms with Crippen LogP contribution in [0.15, 0.2) is 40.6 Å². The molecule has 3 heterocycles. The Labute approximate surface area is 163 Å². The van der Waals surface area contributed by atoms with Gasteiger partial charge in [0, 0.05) is 25.4 Å². The molecule has 3 aromatic rings. The summed E-state index contributed by atoms with van der Waals surface area (Å²) in [5.74, 6) is 1.12. The molecular formula is C20H24N6O2. The quantitative estimate of drug-likeness (QED) is 0.682. The second kappa shape index (κ2) is 7.84. The molecule has 1 aliphatic carbocycles. The van der Waals surface area contributed by atoms with Gasteiger partial charge in [0.05, 0.1) is 23.6 Å². The number of pyridine rings is 1. The van der Waals surface area contributed by atoms with Crippen molar-refractivity contribution in [2.45, 2.75) is 45.7 Å². The van der Waals surface area contributed by atoms with E-state index in [2.05, 4.69) is 31.6 Å². The van der Waals surface area contributed by atoms with E-state index in [1.54, 1.807) is 13.1 Å². The van der Waals surface area contributed by atoms with E-state index in [1.165, 1.54) is 0 Å². The summed E-state index contributed by atoms with van der Waals surface area (Å²) in [6, 6.07) is 5.66. The normalized spacial score (nSPS) is 16.8. The van der Waals surface area contributed by atoms with Gasteiger partial charge in [0.1, 0.15) is 5.69 Å². The SMILES string of the molecule is CCN(C(=O)c1cc2ncccc2[nH]1)[C@@H]1C=C(NCc2nnc(C)o2)CCC1. The zero-order valence-electron chi connectivity index (χ0n) is 16.1. The number of carbonyl (C=O) groups is 1. The molecule has 8 nitrogen and oxygen atoms in total. The zero-order chi connectivity index (χ0) is 19.5. The lowest BCUT2D eigenvalue weighted by atomic mass is 9.98. The number of rotatable bonds is 6. The van der Waals surface area contributed by atoms with Crippen molar-refractivity contribution in [3.63, 3.8) is 0 Å². The Morgan fingerprint density at radius 1 is 1.43 bits per heavy atom. The number of fused-ring (bicyclic) bond motifs is 1. The van der Waals surface area contributed by atoms with Crippen molar-refractivity contribution >= 4 is 16.9 Å². The third kappa shape index (κ3) is 3.76. The number of aromatic amines is 1. The number of H-pyrrole nitrogens is 1. The molecule has 0 radical (unpaired) electrons. The molecule has 0 saturated carbocycles. The maximum atomic E-state index is 13.1. The zero-order valence-corrected chi connectivity index (χ0v) is 16.1. The molecule has 0 unspecified atom stereocenters. The van der Waals surface area contributed by atoms with Gasteiger partial charge in [0.15, 0.2) is 0 Å². The maximum Gasteiger partial charge on any atom is 0.270 e. The van der Waals surface area contributed by atoms with Crippen LogP contribution < -0.4 is 5.32 Å². The monoisotopic (exact) mass is 380 g/mol. The van der Waals surface area contributed by atoms with E-state index >= 15 is 0 Å². The highest BCUT2D eigenvalue weighted by Crippen LogP contribution is 2.23. The van der Waals surface area contributed by atoms with Crippen LogP contribution in [0.5, 0.6) is 0 Å². The number of nitrogens with one attached hydrogen (secondary N) is 2. The Kier molecular flexibility index (Phi) is 5.10. The minimum Gasteiger partial charge on any atom is -0.424 e. The van der Waals surface area contributed by atoms with Crippen LogP contribution in [-0.4, -0.2) is 43.6 Å². The number of aromatic nitrogens is 4.